The number of amides is 1. The Labute approximate surface area is 146 Å². The van der Waals surface area contributed by atoms with Gasteiger partial charge < -0.3 is 9.64 Å². The average molecular weight is 356 g/mol. The van der Waals surface area contributed by atoms with Crippen molar-refractivity contribution >= 4 is 35.2 Å². The van der Waals surface area contributed by atoms with E-state index in [0.29, 0.717) is 23.8 Å². The van der Waals surface area contributed by atoms with Gasteiger partial charge in [0.2, 0.25) is 5.91 Å². The van der Waals surface area contributed by atoms with Gasteiger partial charge in [-0.1, -0.05) is 43.6 Å². The van der Waals surface area contributed by atoms with Crippen LogP contribution in [0.2, 0.25) is 5.02 Å². The molecular weight excluding hydrogens is 334 g/mol. The topological polar surface area (TPSA) is 46.6 Å². The molecule has 0 aromatic heterocycles. The fraction of sp³-hybridized carbons (Fsp3) is 0.529. The van der Waals surface area contributed by atoms with Crippen LogP contribution in [0.3, 0.4) is 0 Å². The van der Waals surface area contributed by atoms with E-state index >= 15 is 0 Å². The highest BCUT2D eigenvalue weighted by atomic mass is 35.5. The Morgan fingerprint density at radius 1 is 1.30 bits per heavy atom. The zero-order chi connectivity index (χ0) is 16.8. The summed E-state index contributed by atoms with van der Waals surface area (Å²) in [6.45, 7) is 4.28. The van der Waals surface area contributed by atoms with E-state index in [4.69, 9.17) is 16.3 Å². The molecule has 0 unspecified atom stereocenters. The predicted molar refractivity (Wildman–Crippen MR) is 93.4 cm³/mol. The second kappa shape index (κ2) is 8.60. The Balaban J connectivity index is 2.27. The molecule has 0 N–H and O–H groups in total. The minimum atomic E-state index is -0.535. The second-order valence-corrected chi connectivity index (χ2v) is 6.96. The van der Waals surface area contributed by atoms with Gasteiger partial charge in [0.1, 0.15) is 11.4 Å². The third-order valence-corrected chi connectivity index (χ3v) is 5.29. The van der Waals surface area contributed by atoms with Crippen LogP contribution in [0.4, 0.5) is 0 Å². The maximum Gasteiger partial charge on any atom is 0.329 e. The van der Waals surface area contributed by atoms with E-state index in [1.807, 2.05) is 38.1 Å². The highest BCUT2D eigenvalue weighted by Gasteiger charge is 2.43. The molecule has 2 rings (SSSR count). The number of ether oxygens (including phenoxy) is 1. The van der Waals surface area contributed by atoms with Gasteiger partial charge in [0.05, 0.1) is 6.61 Å². The van der Waals surface area contributed by atoms with Crippen molar-refractivity contribution < 1.29 is 14.3 Å². The minimum Gasteiger partial charge on any atom is -0.464 e. The summed E-state index contributed by atoms with van der Waals surface area (Å²) in [5, 5.41) is 0.379. The highest BCUT2D eigenvalue weighted by molar-refractivity contribution is 7.99. The SMILES string of the molecule is CCCOC(=O)[C@H]1CS[C@@H](c2ccccc2Cl)N1C(=O)CCC. The molecule has 1 heterocycles. The summed E-state index contributed by atoms with van der Waals surface area (Å²) in [5.74, 6) is 0.188. The van der Waals surface area contributed by atoms with Crippen LogP contribution in [0.1, 0.15) is 44.0 Å². The molecule has 23 heavy (non-hydrogen) atoms. The van der Waals surface area contributed by atoms with Gasteiger partial charge in [-0.05, 0) is 18.9 Å². The highest BCUT2D eigenvalue weighted by Crippen LogP contribution is 2.44. The Morgan fingerprint density at radius 3 is 2.70 bits per heavy atom. The number of carbonyl (C=O) groups is 2. The normalized spacial score (nSPS) is 20.6. The van der Waals surface area contributed by atoms with Gasteiger partial charge in [-0.3, -0.25) is 4.79 Å². The summed E-state index contributed by atoms with van der Waals surface area (Å²) >= 11 is 7.86. The van der Waals surface area contributed by atoms with Gasteiger partial charge in [-0.15, -0.1) is 11.8 Å². The van der Waals surface area contributed by atoms with Gasteiger partial charge in [0.25, 0.3) is 0 Å². The van der Waals surface area contributed by atoms with Crippen molar-refractivity contribution in [2.75, 3.05) is 12.4 Å². The Kier molecular flexibility index (Phi) is 6.78. The van der Waals surface area contributed by atoms with E-state index < -0.39 is 6.04 Å². The lowest BCUT2D eigenvalue weighted by Crippen LogP contribution is -2.43. The molecule has 126 valence electrons. The molecule has 6 heteroatoms. The number of benzene rings is 1. The number of esters is 1. The van der Waals surface area contributed by atoms with Crippen LogP contribution in [0.15, 0.2) is 24.3 Å². The molecule has 1 saturated heterocycles. The number of rotatable bonds is 6. The van der Waals surface area contributed by atoms with E-state index in [9.17, 15) is 9.59 Å². The third kappa shape index (κ3) is 4.21. The van der Waals surface area contributed by atoms with Crippen molar-refractivity contribution in [2.24, 2.45) is 0 Å². The summed E-state index contributed by atoms with van der Waals surface area (Å²) in [5.41, 5.74) is 0.870. The van der Waals surface area contributed by atoms with Crippen LogP contribution >= 0.6 is 23.4 Å². The van der Waals surface area contributed by atoms with E-state index in [1.165, 1.54) is 0 Å². The number of nitrogens with zero attached hydrogens (tertiary/aromatic N) is 1. The Morgan fingerprint density at radius 2 is 2.04 bits per heavy atom. The van der Waals surface area contributed by atoms with Gasteiger partial charge in [-0.2, -0.15) is 0 Å². The van der Waals surface area contributed by atoms with E-state index in [2.05, 4.69) is 0 Å². The molecule has 1 aromatic carbocycles. The first-order chi connectivity index (χ1) is 11.1. The minimum absolute atomic E-state index is 0.0270. The molecule has 4 nitrogen and oxygen atoms in total. The fourth-order valence-corrected chi connectivity index (χ4v) is 4.32. The lowest BCUT2D eigenvalue weighted by atomic mass is 10.1. The zero-order valence-corrected chi connectivity index (χ0v) is 15.0. The molecule has 0 radical (unpaired) electrons. The molecule has 0 bridgehead atoms. The summed E-state index contributed by atoms with van der Waals surface area (Å²) < 4.78 is 5.27. The number of halogens is 1. The largest absolute Gasteiger partial charge is 0.464 e. The van der Waals surface area contributed by atoms with Crippen molar-refractivity contribution in [3.05, 3.63) is 34.9 Å². The first-order valence-electron chi connectivity index (χ1n) is 7.94. The maximum absolute atomic E-state index is 12.6. The van der Waals surface area contributed by atoms with Crippen molar-refractivity contribution in [3.8, 4) is 0 Å². The molecule has 0 spiro atoms. The summed E-state index contributed by atoms with van der Waals surface area (Å²) in [4.78, 5) is 26.6. The molecule has 1 aliphatic heterocycles. The molecule has 1 aromatic rings. The van der Waals surface area contributed by atoms with Crippen LogP contribution in [0.5, 0.6) is 0 Å². The fourth-order valence-electron chi connectivity index (χ4n) is 2.55. The maximum atomic E-state index is 12.6. The summed E-state index contributed by atoms with van der Waals surface area (Å²) in [7, 11) is 0. The van der Waals surface area contributed by atoms with Crippen molar-refractivity contribution in [3.63, 3.8) is 0 Å². The van der Waals surface area contributed by atoms with Crippen LogP contribution in [-0.4, -0.2) is 35.2 Å². The van der Waals surface area contributed by atoms with E-state index in [-0.39, 0.29) is 17.3 Å². The van der Waals surface area contributed by atoms with Crippen molar-refractivity contribution in [2.45, 2.75) is 44.5 Å². The molecule has 1 amide bonds. The number of carbonyl (C=O) groups excluding carboxylic acids is 2. The summed E-state index contributed by atoms with van der Waals surface area (Å²) in [6.07, 6.45) is 1.92. The molecule has 0 saturated carbocycles. The van der Waals surface area contributed by atoms with E-state index in [0.717, 1.165) is 18.4 Å². The smallest absolute Gasteiger partial charge is 0.329 e. The monoisotopic (exact) mass is 355 g/mol. The van der Waals surface area contributed by atoms with Crippen LogP contribution in [-0.2, 0) is 14.3 Å². The second-order valence-electron chi connectivity index (χ2n) is 5.44. The lowest BCUT2D eigenvalue weighted by Gasteiger charge is -2.29. The van der Waals surface area contributed by atoms with Gasteiger partial charge in [0.15, 0.2) is 0 Å². The first-order valence-corrected chi connectivity index (χ1v) is 9.36. The number of hydrogen-bond donors (Lipinski definition) is 0. The van der Waals surface area contributed by atoms with Gasteiger partial charge in [0, 0.05) is 22.8 Å². The lowest BCUT2D eigenvalue weighted by molar-refractivity contribution is -0.154. The quantitative estimate of drug-likeness (QED) is 0.722. The first kappa shape index (κ1) is 18.1. The Bertz CT molecular complexity index is 567. The van der Waals surface area contributed by atoms with Gasteiger partial charge in [-0.25, -0.2) is 4.79 Å². The number of hydrogen-bond acceptors (Lipinski definition) is 4. The van der Waals surface area contributed by atoms with Crippen LogP contribution in [0.25, 0.3) is 0 Å². The number of thioether (sulfide) groups is 1. The van der Waals surface area contributed by atoms with Crippen molar-refractivity contribution in [1.29, 1.82) is 0 Å². The van der Waals surface area contributed by atoms with Crippen LogP contribution < -0.4 is 0 Å². The van der Waals surface area contributed by atoms with Crippen molar-refractivity contribution in [1.82, 2.24) is 4.90 Å². The molecule has 0 aliphatic carbocycles. The summed E-state index contributed by atoms with van der Waals surface area (Å²) in [6, 6.07) is 6.94. The zero-order valence-electron chi connectivity index (χ0n) is 13.5. The van der Waals surface area contributed by atoms with Crippen LogP contribution in [0, 0.1) is 0 Å². The van der Waals surface area contributed by atoms with E-state index in [1.54, 1.807) is 16.7 Å². The third-order valence-electron chi connectivity index (χ3n) is 3.64. The molecule has 1 aliphatic rings. The standard InChI is InChI=1S/C17H22ClNO3S/c1-3-7-15(20)19-14(17(21)22-10-4-2)11-23-16(19)12-8-5-6-9-13(12)18/h5-6,8-9,14,16H,3-4,7,10-11H2,1-2H3/t14-,16+/m1/s1. The average Bonchev–Trinajstić information content (AvgIpc) is 2.98. The molecular formula is C17H22ClNO3S. The molecule has 1 fully saturated rings. The molecule has 2 atom stereocenters. The predicted octanol–water partition coefficient (Wildman–Crippen LogP) is 4.04. The Hall–Kier alpha value is -1.20. The van der Waals surface area contributed by atoms with Gasteiger partial charge >= 0.3 is 5.97 Å².